The molecule has 0 spiro atoms. The molecule has 0 saturated carbocycles. The normalized spacial score (nSPS) is 30.2. The first-order valence-electron chi connectivity index (χ1n) is 7.02. The third-order valence-corrected chi connectivity index (χ3v) is 4.91. The van der Waals surface area contributed by atoms with Crippen molar-refractivity contribution in [1.29, 1.82) is 0 Å². The van der Waals surface area contributed by atoms with Gasteiger partial charge in [0.15, 0.2) is 0 Å². The van der Waals surface area contributed by atoms with Crippen LogP contribution in [0, 0.1) is 12.8 Å². The predicted octanol–water partition coefficient (Wildman–Crippen LogP) is 2.59. The molecule has 2 N–H and O–H groups in total. The van der Waals surface area contributed by atoms with Gasteiger partial charge in [-0.2, -0.15) is 0 Å². The van der Waals surface area contributed by atoms with Gasteiger partial charge in [0.2, 0.25) is 5.72 Å². The van der Waals surface area contributed by atoms with E-state index in [-0.39, 0.29) is 5.91 Å². The highest BCUT2D eigenvalue weighted by Gasteiger charge is 2.51. The van der Waals surface area contributed by atoms with Crippen molar-refractivity contribution in [3.63, 3.8) is 0 Å². The van der Waals surface area contributed by atoms with Gasteiger partial charge in [-0.05, 0) is 59.3 Å². The molecule has 0 bridgehead atoms. The number of carbonyl (C=O) groups is 1. The van der Waals surface area contributed by atoms with Crippen molar-refractivity contribution in [3.05, 3.63) is 27.7 Å². The lowest BCUT2D eigenvalue weighted by molar-refractivity contribution is -0.163. The van der Waals surface area contributed by atoms with Gasteiger partial charge in [-0.3, -0.25) is 9.69 Å². The summed E-state index contributed by atoms with van der Waals surface area (Å²) in [7, 11) is 0. The smallest absolute Gasteiger partial charge is 0.277 e. The van der Waals surface area contributed by atoms with Crippen molar-refractivity contribution in [1.82, 2.24) is 4.90 Å². The molecular weight excluding hydrogens is 320 g/mol. The minimum Gasteiger partial charge on any atom is -0.364 e. The molecule has 1 aromatic carbocycles. The van der Waals surface area contributed by atoms with Gasteiger partial charge >= 0.3 is 0 Å². The molecule has 1 saturated heterocycles. The summed E-state index contributed by atoms with van der Waals surface area (Å²) in [6.07, 6.45) is 2.16. The van der Waals surface area contributed by atoms with Crippen LogP contribution in [0.1, 0.15) is 30.9 Å². The zero-order chi connectivity index (χ0) is 14.5. The average molecular weight is 339 g/mol. The molecular formula is C15H19BrN2O2. The van der Waals surface area contributed by atoms with Crippen LogP contribution in [0.15, 0.2) is 16.6 Å². The Morgan fingerprint density at radius 3 is 2.95 bits per heavy atom. The maximum atomic E-state index is 12.4. The second kappa shape index (κ2) is 4.83. The Bertz CT molecular complexity index is 575. The summed E-state index contributed by atoms with van der Waals surface area (Å²) in [5, 5.41) is 13.9. The third-order valence-electron chi connectivity index (χ3n) is 4.28. The SMILES string of the molecule is Cc1cc(Br)c2c(c1)[C@@](O)(N1CCC[C@H](C)C1)C(=O)N2. The number of likely N-dealkylation sites (tertiary alicyclic amines) is 1. The molecule has 2 aliphatic heterocycles. The minimum absolute atomic E-state index is 0.340. The first-order chi connectivity index (χ1) is 9.42. The number of nitrogens with one attached hydrogen (secondary N) is 1. The number of hydrogen-bond donors (Lipinski definition) is 2. The lowest BCUT2D eigenvalue weighted by atomic mass is 9.94. The number of piperidine rings is 1. The number of fused-ring (bicyclic) bond motifs is 1. The predicted molar refractivity (Wildman–Crippen MR) is 81.4 cm³/mol. The topological polar surface area (TPSA) is 52.6 Å². The second-order valence-electron chi connectivity index (χ2n) is 5.99. The van der Waals surface area contributed by atoms with Gasteiger partial charge < -0.3 is 10.4 Å². The molecule has 108 valence electrons. The fourth-order valence-electron chi connectivity index (χ4n) is 3.26. The van der Waals surface area contributed by atoms with Gasteiger partial charge in [0.25, 0.3) is 5.91 Å². The molecule has 1 fully saturated rings. The first-order valence-corrected chi connectivity index (χ1v) is 7.81. The van der Waals surface area contributed by atoms with Crippen LogP contribution < -0.4 is 5.32 Å². The molecule has 2 heterocycles. The van der Waals surface area contributed by atoms with Crippen LogP contribution in [-0.4, -0.2) is 29.0 Å². The lowest BCUT2D eigenvalue weighted by Gasteiger charge is -2.40. The lowest BCUT2D eigenvalue weighted by Crippen LogP contribution is -2.54. The van der Waals surface area contributed by atoms with Gasteiger partial charge in [-0.25, -0.2) is 0 Å². The molecule has 5 heteroatoms. The van der Waals surface area contributed by atoms with Crippen molar-refractivity contribution in [2.45, 2.75) is 32.4 Å². The largest absolute Gasteiger partial charge is 0.364 e. The molecule has 0 aliphatic carbocycles. The summed E-state index contributed by atoms with van der Waals surface area (Å²) >= 11 is 3.47. The van der Waals surface area contributed by atoms with Crippen LogP contribution in [-0.2, 0) is 10.5 Å². The highest BCUT2D eigenvalue weighted by Crippen LogP contribution is 2.44. The summed E-state index contributed by atoms with van der Waals surface area (Å²) in [5.41, 5.74) is 0.860. The highest BCUT2D eigenvalue weighted by atomic mass is 79.9. The molecule has 1 amide bonds. The van der Waals surface area contributed by atoms with Crippen molar-refractivity contribution < 1.29 is 9.90 Å². The summed E-state index contributed by atoms with van der Waals surface area (Å²) in [5.74, 6) is 0.158. The van der Waals surface area contributed by atoms with Gasteiger partial charge in [-0.15, -0.1) is 0 Å². The molecule has 2 aliphatic rings. The average Bonchev–Trinajstić information content (AvgIpc) is 2.64. The molecule has 0 unspecified atom stereocenters. The molecule has 2 atom stereocenters. The van der Waals surface area contributed by atoms with E-state index >= 15 is 0 Å². The second-order valence-corrected chi connectivity index (χ2v) is 6.84. The van der Waals surface area contributed by atoms with Gasteiger partial charge in [0.1, 0.15) is 0 Å². The molecule has 3 rings (SSSR count). The van der Waals surface area contributed by atoms with Gasteiger partial charge in [0, 0.05) is 23.1 Å². The maximum Gasteiger partial charge on any atom is 0.277 e. The van der Waals surface area contributed by atoms with Crippen LogP contribution >= 0.6 is 15.9 Å². The van der Waals surface area contributed by atoms with Crippen molar-refractivity contribution in [3.8, 4) is 0 Å². The highest BCUT2D eigenvalue weighted by molar-refractivity contribution is 9.10. The van der Waals surface area contributed by atoms with Crippen molar-refractivity contribution >= 4 is 27.5 Å². The summed E-state index contributed by atoms with van der Waals surface area (Å²) in [6, 6.07) is 3.85. The van der Waals surface area contributed by atoms with Crippen molar-refractivity contribution in [2.24, 2.45) is 5.92 Å². The number of rotatable bonds is 1. The Kier molecular flexibility index (Phi) is 3.39. The molecule has 0 radical (unpaired) electrons. The van der Waals surface area contributed by atoms with E-state index in [4.69, 9.17) is 0 Å². The number of hydrogen-bond acceptors (Lipinski definition) is 3. The summed E-state index contributed by atoms with van der Waals surface area (Å²) < 4.78 is 0.821. The van der Waals surface area contributed by atoms with E-state index in [1.165, 1.54) is 0 Å². The van der Waals surface area contributed by atoms with Crippen LogP contribution in [0.4, 0.5) is 5.69 Å². The zero-order valence-electron chi connectivity index (χ0n) is 11.7. The van der Waals surface area contributed by atoms with E-state index in [0.717, 1.165) is 36.0 Å². The van der Waals surface area contributed by atoms with Crippen LogP contribution in [0.2, 0.25) is 0 Å². The van der Waals surface area contributed by atoms with E-state index < -0.39 is 5.72 Å². The minimum atomic E-state index is -1.53. The van der Waals surface area contributed by atoms with E-state index in [0.29, 0.717) is 17.2 Å². The standard InChI is InChI=1S/C15H19BrN2O2/c1-9-4-3-5-18(8-9)15(20)11-6-10(2)7-12(16)13(11)17-14(15)19/h6-7,9,20H,3-5,8H2,1-2H3,(H,17,19)/t9-,15-/m0/s1. The van der Waals surface area contributed by atoms with E-state index in [1.54, 1.807) is 0 Å². The Morgan fingerprint density at radius 1 is 1.50 bits per heavy atom. The Labute approximate surface area is 127 Å². The van der Waals surface area contributed by atoms with E-state index in [2.05, 4.69) is 28.2 Å². The maximum absolute atomic E-state index is 12.4. The number of carbonyl (C=O) groups excluding carboxylic acids is 1. The fraction of sp³-hybridized carbons (Fsp3) is 0.533. The Balaban J connectivity index is 2.08. The third kappa shape index (κ3) is 2.00. The van der Waals surface area contributed by atoms with E-state index in [9.17, 15) is 9.90 Å². The number of halogens is 1. The van der Waals surface area contributed by atoms with Crippen molar-refractivity contribution in [2.75, 3.05) is 18.4 Å². The number of nitrogens with zero attached hydrogens (tertiary/aromatic N) is 1. The number of amides is 1. The molecule has 1 aromatic rings. The Morgan fingerprint density at radius 2 is 2.25 bits per heavy atom. The molecule has 0 aromatic heterocycles. The first kappa shape index (κ1) is 14.0. The number of benzene rings is 1. The monoisotopic (exact) mass is 338 g/mol. The van der Waals surface area contributed by atoms with Gasteiger partial charge in [0.05, 0.1) is 5.69 Å². The van der Waals surface area contributed by atoms with Crippen LogP contribution in [0.3, 0.4) is 0 Å². The quantitative estimate of drug-likeness (QED) is 0.827. The summed E-state index contributed by atoms with van der Waals surface area (Å²) in [6.45, 7) is 5.62. The molecule has 4 nitrogen and oxygen atoms in total. The van der Waals surface area contributed by atoms with Crippen LogP contribution in [0.5, 0.6) is 0 Å². The van der Waals surface area contributed by atoms with Crippen LogP contribution in [0.25, 0.3) is 0 Å². The number of aliphatic hydroxyl groups is 1. The molecule has 20 heavy (non-hydrogen) atoms. The summed E-state index contributed by atoms with van der Waals surface area (Å²) in [4.78, 5) is 14.3. The number of anilines is 1. The fourth-order valence-corrected chi connectivity index (χ4v) is 3.94. The zero-order valence-corrected chi connectivity index (χ0v) is 13.3. The Hall–Kier alpha value is -0.910. The van der Waals surface area contributed by atoms with E-state index in [1.807, 2.05) is 24.0 Å². The number of aryl methyl sites for hydroxylation is 1. The van der Waals surface area contributed by atoms with Gasteiger partial charge in [-0.1, -0.05) is 6.92 Å².